The molecular formula is C23H27F3N2O2. The van der Waals surface area contributed by atoms with E-state index in [4.69, 9.17) is 4.74 Å². The van der Waals surface area contributed by atoms with E-state index in [1.165, 1.54) is 12.1 Å². The molecule has 0 bridgehead atoms. The van der Waals surface area contributed by atoms with Gasteiger partial charge in [0.1, 0.15) is 5.75 Å². The zero-order chi connectivity index (χ0) is 21.6. The molecule has 7 heteroatoms. The molecule has 0 aliphatic carbocycles. The Morgan fingerprint density at radius 3 is 2.20 bits per heavy atom. The standard InChI is InChI=1S/C23H27F3N2O2/c1-30-21-10-6-17(7-11-21)14-20(16-28-12-2-3-13-28)27-22(29)15-18-4-8-19(9-5-18)23(24,25)26/h4-11,20H,2-3,12-16H2,1H3,(H,27,29)/t20-/m0/s1. The SMILES string of the molecule is COc1ccc(C[C@@H](CN2CCCC2)NC(=O)Cc2ccc(C(F)(F)F)cc2)cc1. The van der Waals surface area contributed by atoms with Gasteiger partial charge in [0.15, 0.2) is 0 Å². The topological polar surface area (TPSA) is 41.6 Å². The number of methoxy groups -OCH3 is 1. The monoisotopic (exact) mass is 420 g/mol. The Balaban J connectivity index is 1.62. The van der Waals surface area contributed by atoms with E-state index in [0.29, 0.717) is 12.0 Å². The fourth-order valence-corrected chi connectivity index (χ4v) is 3.76. The van der Waals surface area contributed by atoms with Crippen LogP contribution in [0.4, 0.5) is 13.2 Å². The first-order chi connectivity index (χ1) is 14.3. The number of rotatable bonds is 8. The third kappa shape index (κ3) is 6.49. The Morgan fingerprint density at radius 1 is 1.03 bits per heavy atom. The molecule has 2 aromatic rings. The highest BCUT2D eigenvalue weighted by atomic mass is 19.4. The summed E-state index contributed by atoms with van der Waals surface area (Å²) in [4.78, 5) is 14.9. The molecule has 1 fully saturated rings. The largest absolute Gasteiger partial charge is 0.497 e. The van der Waals surface area contributed by atoms with Gasteiger partial charge in [0, 0.05) is 12.6 Å². The molecule has 1 heterocycles. The van der Waals surface area contributed by atoms with Crippen molar-refractivity contribution in [2.75, 3.05) is 26.7 Å². The summed E-state index contributed by atoms with van der Waals surface area (Å²) in [5.41, 5.74) is 0.942. The van der Waals surface area contributed by atoms with Crippen molar-refractivity contribution in [1.82, 2.24) is 10.2 Å². The fraction of sp³-hybridized carbons (Fsp3) is 0.435. The van der Waals surface area contributed by atoms with Crippen LogP contribution in [-0.4, -0.2) is 43.6 Å². The quantitative estimate of drug-likeness (QED) is 0.700. The summed E-state index contributed by atoms with van der Waals surface area (Å²) < 4.78 is 43.3. The number of ether oxygens (including phenoxy) is 1. The first kappa shape index (κ1) is 22.2. The highest BCUT2D eigenvalue weighted by Crippen LogP contribution is 2.29. The summed E-state index contributed by atoms with van der Waals surface area (Å²) in [5, 5.41) is 3.08. The number of nitrogens with zero attached hydrogens (tertiary/aromatic N) is 1. The molecule has 1 aliphatic heterocycles. The minimum atomic E-state index is -4.38. The Bertz CT molecular complexity index is 814. The molecule has 0 unspecified atom stereocenters. The molecule has 1 amide bonds. The highest BCUT2D eigenvalue weighted by Gasteiger charge is 2.30. The lowest BCUT2D eigenvalue weighted by Crippen LogP contribution is -2.45. The fourth-order valence-electron chi connectivity index (χ4n) is 3.76. The molecule has 0 aromatic heterocycles. The molecule has 1 aliphatic rings. The van der Waals surface area contributed by atoms with E-state index in [-0.39, 0.29) is 18.4 Å². The van der Waals surface area contributed by atoms with Crippen LogP contribution in [0.3, 0.4) is 0 Å². The minimum absolute atomic E-state index is 0.0528. The number of nitrogens with one attached hydrogen (secondary N) is 1. The van der Waals surface area contributed by atoms with E-state index in [0.717, 1.165) is 55.9 Å². The average Bonchev–Trinajstić information content (AvgIpc) is 3.21. The van der Waals surface area contributed by atoms with Crippen LogP contribution in [0.2, 0.25) is 0 Å². The predicted molar refractivity (Wildman–Crippen MR) is 109 cm³/mol. The van der Waals surface area contributed by atoms with Crippen molar-refractivity contribution in [2.45, 2.75) is 37.9 Å². The van der Waals surface area contributed by atoms with Gasteiger partial charge in [-0.25, -0.2) is 0 Å². The molecule has 30 heavy (non-hydrogen) atoms. The van der Waals surface area contributed by atoms with Gasteiger partial charge >= 0.3 is 6.18 Å². The zero-order valence-corrected chi connectivity index (χ0v) is 17.0. The molecule has 0 radical (unpaired) electrons. The van der Waals surface area contributed by atoms with Crippen LogP contribution in [0, 0.1) is 0 Å². The lowest BCUT2D eigenvalue weighted by Gasteiger charge is -2.25. The maximum atomic E-state index is 12.7. The van der Waals surface area contributed by atoms with Crippen molar-refractivity contribution in [3.05, 3.63) is 65.2 Å². The molecule has 0 saturated carbocycles. The van der Waals surface area contributed by atoms with Gasteiger partial charge in [-0.15, -0.1) is 0 Å². The predicted octanol–water partition coefficient (Wildman–Crippen LogP) is 4.08. The summed E-state index contributed by atoms with van der Waals surface area (Å²) in [6, 6.07) is 12.4. The van der Waals surface area contributed by atoms with Crippen LogP contribution in [0.15, 0.2) is 48.5 Å². The lowest BCUT2D eigenvalue weighted by molar-refractivity contribution is -0.137. The second kappa shape index (κ2) is 9.98. The summed E-state index contributed by atoms with van der Waals surface area (Å²) in [5.74, 6) is 0.591. The summed E-state index contributed by atoms with van der Waals surface area (Å²) in [6.45, 7) is 2.80. The van der Waals surface area contributed by atoms with Crippen molar-refractivity contribution in [3.63, 3.8) is 0 Å². The van der Waals surface area contributed by atoms with E-state index in [2.05, 4.69) is 10.2 Å². The first-order valence-electron chi connectivity index (χ1n) is 10.1. The van der Waals surface area contributed by atoms with Crippen LogP contribution in [0.1, 0.15) is 29.5 Å². The second-order valence-electron chi connectivity index (χ2n) is 7.70. The smallest absolute Gasteiger partial charge is 0.416 e. The van der Waals surface area contributed by atoms with E-state index in [1.807, 2.05) is 24.3 Å². The van der Waals surface area contributed by atoms with Gasteiger partial charge in [0.2, 0.25) is 5.91 Å². The Kier molecular flexibility index (Phi) is 7.37. The molecule has 4 nitrogen and oxygen atoms in total. The zero-order valence-electron chi connectivity index (χ0n) is 17.0. The number of carbonyl (C=O) groups excluding carboxylic acids is 1. The Labute approximate surface area is 175 Å². The molecule has 162 valence electrons. The van der Waals surface area contributed by atoms with Crippen LogP contribution >= 0.6 is 0 Å². The van der Waals surface area contributed by atoms with Gasteiger partial charge in [-0.05, 0) is 67.7 Å². The third-order valence-electron chi connectivity index (χ3n) is 5.33. The van der Waals surface area contributed by atoms with E-state index in [1.54, 1.807) is 7.11 Å². The Morgan fingerprint density at radius 2 is 1.63 bits per heavy atom. The number of hydrogen-bond acceptors (Lipinski definition) is 3. The van der Waals surface area contributed by atoms with Crippen LogP contribution in [-0.2, 0) is 23.8 Å². The third-order valence-corrected chi connectivity index (χ3v) is 5.33. The van der Waals surface area contributed by atoms with Crippen LogP contribution in [0.25, 0.3) is 0 Å². The number of carbonyl (C=O) groups is 1. The number of amides is 1. The number of halogens is 3. The van der Waals surface area contributed by atoms with Gasteiger partial charge in [0.05, 0.1) is 19.1 Å². The molecule has 3 rings (SSSR count). The average molecular weight is 420 g/mol. The van der Waals surface area contributed by atoms with Crippen molar-refractivity contribution in [2.24, 2.45) is 0 Å². The van der Waals surface area contributed by atoms with Crippen molar-refractivity contribution >= 4 is 5.91 Å². The minimum Gasteiger partial charge on any atom is -0.497 e. The summed E-state index contributed by atoms with van der Waals surface area (Å²) >= 11 is 0. The van der Waals surface area contributed by atoms with Gasteiger partial charge in [-0.2, -0.15) is 13.2 Å². The maximum Gasteiger partial charge on any atom is 0.416 e. The molecule has 1 N–H and O–H groups in total. The van der Waals surface area contributed by atoms with Crippen LogP contribution < -0.4 is 10.1 Å². The number of benzene rings is 2. The van der Waals surface area contributed by atoms with E-state index >= 15 is 0 Å². The number of likely N-dealkylation sites (tertiary alicyclic amines) is 1. The van der Waals surface area contributed by atoms with Gasteiger partial charge < -0.3 is 15.0 Å². The first-order valence-corrected chi connectivity index (χ1v) is 10.1. The highest BCUT2D eigenvalue weighted by molar-refractivity contribution is 5.79. The van der Waals surface area contributed by atoms with Crippen molar-refractivity contribution in [3.8, 4) is 5.75 Å². The Hall–Kier alpha value is -2.54. The molecule has 0 spiro atoms. The maximum absolute atomic E-state index is 12.7. The van der Waals surface area contributed by atoms with Crippen LogP contribution in [0.5, 0.6) is 5.75 Å². The molecular weight excluding hydrogens is 393 g/mol. The van der Waals surface area contributed by atoms with E-state index < -0.39 is 11.7 Å². The summed E-state index contributed by atoms with van der Waals surface area (Å²) in [7, 11) is 1.62. The van der Waals surface area contributed by atoms with Crippen molar-refractivity contribution in [1.29, 1.82) is 0 Å². The van der Waals surface area contributed by atoms with Gasteiger partial charge in [-0.1, -0.05) is 24.3 Å². The van der Waals surface area contributed by atoms with Gasteiger partial charge in [-0.3, -0.25) is 4.79 Å². The summed E-state index contributed by atoms with van der Waals surface area (Å²) in [6.07, 6.45) is -1.32. The number of hydrogen-bond donors (Lipinski definition) is 1. The molecule has 2 aromatic carbocycles. The molecule has 1 atom stereocenters. The van der Waals surface area contributed by atoms with Crippen molar-refractivity contribution < 1.29 is 22.7 Å². The normalized spacial score (nSPS) is 15.7. The van der Waals surface area contributed by atoms with Gasteiger partial charge in [0.25, 0.3) is 0 Å². The van der Waals surface area contributed by atoms with E-state index in [9.17, 15) is 18.0 Å². The lowest BCUT2D eigenvalue weighted by atomic mass is 10.0. The molecule has 1 saturated heterocycles. The second-order valence-corrected chi connectivity index (χ2v) is 7.70. The number of alkyl halides is 3.